The van der Waals surface area contributed by atoms with E-state index in [1.807, 2.05) is 0 Å². The quantitative estimate of drug-likeness (QED) is 0.600. The number of hydrogen-bond donors (Lipinski definition) is 3. The number of ketones is 1. The zero-order valence-electron chi connectivity index (χ0n) is 10.7. The van der Waals surface area contributed by atoms with E-state index in [2.05, 4.69) is 4.98 Å². The van der Waals surface area contributed by atoms with Gasteiger partial charge in [0.2, 0.25) is 0 Å². The lowest BCUT2D eigenvalue weighted by Gasteiger charge is -2.15. The molecule has 0 aliphatic carbocycles. The van der Waals surface area contributed by atoms with Crippen molar-refractivity contribution in [1.82, 2.24) is 9.55 Å². The maximum absolute atomic E-state index is 11.7. The van der Waals surface area contributed by atoms with Crippen LogP contribution in [0.2, 0.25) is 0 Å². The van der Waals surface area contributed by atoms with Gasteiger partial charge >= 0.3 is 5.69 Å². The van der Waals surface area contributed by atoms with Crippen LogP contribution >= 0.6 is 12.4 Å². The number of aromatic nitrogens is 2. The SMILES string of the molecule is CC(=O)c1cn([C@H]2C[C@H](O)[C@@H](CN)O2)c(=O)[nH]c1=O.Cl. The van der Waals surface area contributed by atoms with Crippen molar-refractivity contribution in [2.75, 3.05) is 6.54 Å². The predicted octanol–water partition coefficient (Wildman–Crippen LogP) is -1.23. The first kappa shape index (κ1) is 16.6. The summed E-state index contributed by atoms with van der Waals surface area (Å²) in [7, 11) is 0. The lowest BCUT2D eigenvalue weighted by atomic mass is 10.2. The summed E-state index contributed by atoms with van der Waals surface area (Å²) in [5, 5.41) is 9.69. The fourth-order valence-corrected chi connectivity index (χ4v) is 2.05. The molecule has 1 aliphatic rings. The van der Waals surface area contributed by atoms with Crippen LogP contribution in [0.1, 0.15) is 29.9 Å². The highest BCUT2D eigenvalue weighted by atomic mass is 35.5. The van der Waals surface area contributed by atoms with Crippen molar-refractivity contribution in [3.05, 3.63) is 32.6 Å². The minimum atomic E-state index is -0.783. The van der Waals surface area contributed by atoms with Crippen molar-refractivity contribution < 1.29 is 14.6 Å². The smallest absolute Gasteiger partial charge is 0.330 e. The number of rotatable bonds is 3. The van der Waals surface area contributed by atoms with E-state index in [9.17, 15) is 19.5 Å². The van der Waals surface area contributed by atoms with Crippen LogP contribution < -0.4 is 17.0 Å². The maximum atomic E-state index is 11.7. The molecule has 0 radical (unpaired) electrons. The Kier molecular flexibility index (Phi) is 5.23. The highest BCUT2D eigenvalue weighted by Crippen LogP contribution is 2.26. The molecule has 1 fully saturated rings. The van der Waals surface area contributed by atoms with Gasteiger partial charge in [-0.15, -0.1) is 12.4 Å². The fourth-order valence-electron chi connectivity index (χ4n) is 2.05. The molecule has 0 amide bonds. The topological polar surface area (TPSA) is 127 Å². The Balaban J connectivity index is 0.00000200. The van der Waals surface area contributed by atoms with Gasteiger partial charge in [0.05, 0.1) is 17.8 Å². The van der Waals surface area contributed by atoms with Crippen LogP contribution in [-0.2, 0) is 4.74 Å². The predicted molar refractivity (Wildman–Crippen MR) is 72.2 cm³/mol. The molecule has 9 heteroatoms. The molecule has 4 N–H and O–H groups in total. The number of ether oxygens (including phenoxy) is 1. The number of aliphatic hydroxyl groups excluding tert-OH is 1. The van der Waals surface area contributed by atoms with Gasteiger partial charge in [-0.25, -0.2) is 4.79 Å². The van der Waals surface area contributed by atoms with Crippen molar-refractivity contribution in [3.63, 3.8) is 0 Å². The standard InChI is InChI=1S/C11H15N3O5.ClH/c1-5(15)6-4-14(11(18)13-10(6)17)9-2-7(16)8(3-12)19-9;/h4,7-9,16H,2-3,12H2,1H3,(H,13,17,18);1H/t7-,8+,9+;/m0./s1. The summed E-state index contributed by atoms with van der Waals surface area (Å²) in [6, 6.07) is 0. The van der Waals surface area contributed by atoms with Gasteiger partial charge in [0, 0.05) is 19.2 Å². The molecular formula is C11H16ClN3O5. The summed E-state index contributed by atoms with van der Waals surface area (Å²) in [6.07, 6.45) is -0.768. The van der Waals surface area contributed by atoms with E-state index < -0.39 is 35.5 Å². The number of halogens is 1. The van der Waals surface area contributed by atoms with Crippen molar-refractivity contribution in [1.29, 1.82) is 0 Å². The number of nitrogens with one attached hydrogen (secondary N) is 1. The highest BCUT2D eigenvalue weighted by Gasteiger charge is 2.34. The van der Waals surface area contributed by atoms with Crippen molar-refractivity contribution in [3.8, 4) is 0 Å². The fraction of sp³-hybridized carbons (Fsp3) is 0.545. The van der Waals surface area contributed by atoms with Gasteiger partial charge in [0.25, 0.3) is 5.56 Å². The molecule has 0 bridgehead atoms. The number of carbonyl (C=O) groups excluding carboxylic acids is 1. The van der Waals surface area contributed by atoms with E-state index in [0.717, 1.165) is 10.8 Å². The van der Waals surface area contributed by atoms with E-state index in [-0.39, 0.29) is 30.9 Å². The Labute approximate surface area is 120 Å². The lowest BCUT2D eigenvalue weighted by molar-refractivity contribution is -0.0152. The van der Waals surface area contributed by atoms with Crippen LogP contribution in [0.5, 0.6) is 0 Å². The molecule has 1 aromatic heterocycles. The maximum Gasteiger partial charge on any atom is 0.330 e. The molecule has 20 heavy (non-hydrogen) atoms. The Morgan fingerprint density at radius 1 is 1.60 bits per heavy atom. The highest BCUT2D eigenvalue weighted by molar-refractivity contribution is 5.93. The second kappa shape index (κ2) is 6.31. The van der Waals surface area contributed by atoms with Crippen LogP contribution in [0.3, 0.4) is 0 Å². The second-order valence-corrected chi connectivity index (χ2v) is 4.43. The zero-order chi connectivity index (χ0) is 14.2. The largest absolute Gasteiger partial charge is 0.390 e. The zero-order valence-corrected chi connectivity index (χ0v) is 11.6. The number of carbonyl (C=O) groups is 1. The number of aliphatic hydroxyl groups is 1. The van der Waals surface area contributed by atoms with E-state index >= 15 is 0 Å². The summed E-state index contributed by atoms with van der Waals surface area (Å²) in [5.74, 6) is -0.455. The minimum absolute atomic E-state index is 0. The first-order valence-electron chi connectivity index (χ1n) is 5.84. The average molecular weight is 306 g/mol. The van der Waals surface area contributed by atoms with Gasteiger partial charge in [0.1, 0.15) is 6.23 Å². The van der Waals surface area contributed by atoms with Gasteiger partial charge in [-0.2, -0.15) is 0 Å². The summed E-state index contributed by atoms with van der Waals surface area (Å²) in [5.41, 5.74) is 3.87. The monoisotopic (exact) mass is 305 g/mol. The molecule has 0 spiro atoms. The van der Waals surface area contributed by atoms with Crippen molar-refractivity contribution >= 4 is 18.2 Å². The molecule has 2 heterocycles. The molecule has 0 unspecified atom stereocenters. The van der Waals surface area contributed by atoms with E-state index in [0.29, 0.717) is 0 Å². The Morgan fingerprint density at radius 2 is 2.25 bits per heavy atom. The first-order valence-corrected chi connectivity index (χ1v) is 5.84. The lowest BCUT2D eigenvalue weighted by Crippen LogP contribution is -2.35. The number of aromatic amines is 1. The van der Waals surface area contributed by atoms with Gasteiger partial charge in [0.15, 0.2) is 5.78 Å². The first-order chi connectivity index (χ1) is 8.93. The number of Topliss-reactive ketones (excluding diaryl/α,β-unsaturated/α-hetero) is 1. The molecule has 2 rings (SSSR count). The molecule has 1 aliphatic heterocycles. The van der Waals surface area contributed by atoms with Crippen LogP contribution in [-0.4, -0.2) is 39.2 Å². The van der Waals surface area contributed by atoms with E-state index in [4.69, 9.17) is 10.5 Å². The van der Waals surface area contributed by atoms with Crippen molar-refractivity contribution in [2.45, 2.75) is 31.8 Å². The number of hydrogen-bond acceptors (Lipinski definition) is 6. The average Bonchev–Trinajstić information content (AvgIpc) is 2.69. The third-order valence-electron chi connectivity index (χ3n) is 3.09. The minimum Gasteiger partial charge on any atom is -0.390 e. The molecule has 112 valence electrons. The summed E-state index contributed by atoms with van der Waals surface area (Å²) in [6.45, 7) is 1.35. The van der Waals surface area contributed by atoms with E-state index in [1.54, 1.807) is 0 Å². The Morgan fingerprint density at radius 3 is 2.75 bits per heavy atom. The molecule has 1 saturated heterocycles. The number of nitrogens with two attached hydrogens (primary N) is 1. The van der Waals surface area contributed by atoms with Gasteiger partial charge < -0.3 is 15.6 Å². The molecule has 3 atom stereocenters. The van der Waals surface area contributed by atoms with Crippen molar-refractivity contribution in [2.24, 2.45) is 5.73 Å². The van der Waals surface area contributed by atoms with E-state index in [1.165, 1.54) is 6.92 Å². The number of H-pyrrole nitrogens is 1. The Bertz CT molecular complexity index is 611. The van der Waals surface area contributed by atoms with Gasteiger partial charge in [-0.05, 0) is 6.92 Å². The molecule has 0 aromatic carbocycles. The van der Waals surface area contributed by atoms with Crippen LogP contribution in [0.4, 0.5) is 0 Å². The second-order valence-electron chi connectivity index (χ2n) is 4.43. The molecule has 8 nitrogen and oxygen atoms in total. The van der Waals surface area contributed by atoms with Crippen LogP contribution in [0.15, 0.2) is 15.8 Å². The van der Waals surface area contributed by atoms with Gasteiger partial charge in [-0.3, -0.25) is 19.1 Å². The molecule has 1 aromatic rings. The third-order valence-corrected chi connectivity index (χ3v) is 3.09. The normalized spacial score (nSPS) is 25.2. The molecule has 0 saturated carbocycles. The number of nitrogens with zero attached hydrogens (tertiary/aromatic N) is 1. The summed E-state index contributed by atoms with van der Waals surface area (Å²) >= 11 is 0. The van der Waals surface area contributed by atoms with Gasteiger partial charge in [-0.1, -0.05) is 0 Å². The third kappa shape index (κ3) is 2.98. The summed E-state index contributed by atoms with van der Waals surface area (Å²) in [4.78, 5) is 36.5. The van der Waals surface area contributed by atoms with Crippen LogP contribution in [0.25, 0.3) is 0 Å². The van der Waals surface area contributed by atoms with Crippen LogP contribution in [0, 0.1) is 0 Å². The summed E-state index contributed by atoms with van der Waals surface area (Å²) < 4.78 is 6.51. The molecular weight excluding hydrogens is 290 g/mol. The Hall–Kier alpha value is -1.48.